The summed E-state index contributed by atoms with van der Waals surface area (Å²) < 4.78 is 5.79. The third kappa shape index (κ3) is 3.47. The maximum atomic E-state index is 13.0. The Morgan fingerprint density at radius 1 is 0.938 bits per heavy atom. The molecule has 0 atom stereocenters. The molecule has 160 valence electrons. The molecule has 1 saturated heterocycles. The monoisotopic (exact) mass is 430 g/mol. The van der Waals surface area contributed by atoms with Crippen molar-refractivity contribution in [2.45, 2.75) is 6.92 Å². The van der Waals surface area contributed by atoms with Crippen LogP contribution in [0, 0.1) is 6.92 Å². The van der Waals surface area contributed by atoms with Gasteiger partial charge in [0.05, 0.1) is 11.3 Å². The summed E-state index contributed by atoms with van der Waals surface area (Å²) in [6.45, 7) is 1.67. The van der Waals surface area contributed by atoms with Crippen LogP contribution in [0.15, 0.2) is 70.7 Å². The highest BCUT2D eigenvalue weighted by Crippen LogP contribution is 2.30. The first-order valence-corrected chi connectivity index (χ1v) is 9.66. The summed E-state index contributed by atoms with van der Waals surface area (Å²) in [6.07, 6.45) is 1.28. The van der Waals surface area contributed by atoms with Crippen LogP contribution in [0.3, 0.4) is 0 Å². The quantitative estimate of drug-likeness (QED) is 0.496. The van der Waals surface area contributed by atoms with Crippen LogP contribution in [-0.2, 0) is 9.59 Å². The van der Waals surface area contributed by atoms with Crippen LogP contribution in [0.4, 0.5) is 10.5 Å². The number of amides is 4. The number of carboxylic acid groups (broad SMARTS) is 1. The Bertz CT molecular complexity index is 1290. The number of nitrogens with zero attached hydrogens (tertiary/aromatic N) is 2. The first-order valence-electron chi connectivity index (χ1n) is 9.66. The Labute approximate surface area is 183 Å². The van der Waals surface area contributed by atoms with E-state index in [0.29, 0.717) is 22.6 Å². The van der Waals surface area contributed by atoms with Crippen LogP contribution in [-0.4, -0.2) is 40.9 Å². The van der Waals surface area contributed by atoms with Gasteiger partial charge in [0.15, 0.2) is 0 Å². The molecule has 0 spiro atoms. The highest BCUT2D eigenvalue weighted by molar-refractivity contribution is 6.38. The summed E-state index contributed by atoms with van der Waals surface area (Å²) in [5.74, 6) is -1.95. The molecule has 2 aromatic carbocycles. The molecule has 0 unspecified atom stereocenters. The molecule has 8 heteroatoms. The molecule has 4 amide bonds. The Kier molecular flexibility index (Phi) is 5.19. The van der Waals surface area contributed by atoms with E-state index >= 15 is 0 Å². The van der Waals surface area contributed by atoms with Gasteiger partial charge < -0.3 is 9.52 Å². The molecule has 32 heavy (non-hydrogen) atoms. The topological polar surface area (TPSA) is 108 Å². The fraction of sp³-hybridized carbons (Fsp3) is 0.0833. The lowest BCUT2D eigenvalue weighted by Gasteiger charge is -2.31. The van der Waals surface area contributed by atoms with Gasteiger partial charge in [0.1, 0.15) is 17.1 Å². The minimum absolute atomic E-state index is 0.148. The number of carbonyl (C=O) groups is 4. The summed E-state index contributed by atoms with van der Waals surface area (Å²) in [7, 11) is 1.30. The van der Waals surface area contributed by atoms with E-state index in [2.05, 4.69) is 0 Å². The molecule has 2 heterocycles. The average Bonchev–Trinajstić information content (AvgIpc) is 3.24. The number of rotatable bonds is 4. The maximum Gasteiger partial charge on any atom is 0.338 e. The lowest BCUT2D eigenvalue weighted by Crippen LogP contribution is -2.55. The number of barbiturate groups is 1. The van der Waals surface area contributed by atoms with Crippen molar-refractivity contribution in [3.8, 4) is 11.3 Å². The Morgan fingerprint density at radius 2 is 1.66 bits per heavy atom. The molecule has 8 nitrogen and oxygen atoms in total. The van der Waals surface area contributed by atoms with E-state index in [1.807, 2.05) is 0 Å². The third-order valence-corrected chi connectivity index (χ3v) is 5.20. The van der Waals surface area contributed by atoms with Crippen molar-refractivity contribution in [2.24, 2.45) is 0 Å². The highest BCUT2D eigenvalue weighted by atomic mass is 16.4. The van der Waals surface area contributed by atoms with Gasteiger partial charge in [0.25, 0.3) is 11.8 Å². The molecule has 0 aliphatic carbocycles. The van der Waals surface area contributed by atoms with Crippen LogP contribution in [0.5, 0.6) is 0 Å². The van der Waals surface area contributed by atoms with E-state index in [1.54, 1.807) is 61.5 Å². The molecule has 0 bridgehead atoms. The lowest BCUT2D eigenvalue weighted by molar-refractivity contribution is -0.128. The van der Waals surface area contributed by atoms with Crippen molar-refractivity contribution >= 4 is 35.6 Å². The fourth-order valence-electron chi connectivity index (χ4n) is 3.50. The van der Waals surface area contributed by atoms with E-state index in [-0.39, 0.29) is 16.9 Å². The number of furan rings is 1. The minimum atomic E-state index is -1.05. The molecule has 1 aromatic heterocycles. The average molecular weight is 430 g/mol. The number of aromatic carboxylic acids is 1. The summed E-state index contributed by atoms with van der Waals surface area (Å²) in [4.78, 5) is 51.5. The van der Waals surface area contributed by atoms with Crippen LogP contribution >= 0.6 is 0 Å². The normalized spacial score (nSPS) is 15.6. The van der Waals surface area contributed by atoms with E-state index in [4.69, 9.17) is 4.42 Å². The van der Waals surface area contributed by atoms with Crippen molar-refractivity contribution < 1.29 is 28.7 Å². The first kappa shape index (κ1) is 20.8. The maximum absolute atomic E-state index is 13.0. The summed E-state index contributed by atoms with van der Waals surface area (Å²) in [6, 6.07) is 15.6. The van der Waals surface area contributed by atoms with E-state index in [0.717, 1.165) is 9.80 Å². The Hall–Kier alpha value is -4.46. The van der Waals surface area contributed by atoms with Gasteiger partial charge >= 0.3 is 12.0 Å². The highest BCUT2D eigenvalue weighted by Gasteiger charge is 2.41. The molecule has 1 fully saturated rings. The lowest BCUT2D eigenvalue weighted by atomic mass is 10.0. The van der Waals surface area contributed by atoms with Gasteiger partial charge in [-0.2, -0.15) is 0 Å². The minimum Gasteiger partial charge on any atom is -0.478 e. The molecule has 1 aliphatic heterocycles. The number of hydrogen-bond acceptors (Lipinski definition) is 5. The summed E-state index contributed by atoms with van der Waals surface area (Å²) in [5.41, 5.74) is 1.37. The van der Waals surface area contributed by atoms with E-state index < -0.39 is 23.8 Å². The molecule has 1 aliphatic rings. The Balaban J connectivity index is 1.73. The predicted molar refractivity (Wildman–Crippen MR) is 116 cm³/mol. The molecule has 4 rings (SSSR count). The van der Waals surface area contributed by atoms with Crippen LogP contribution in [0.2, 0.25) is 0 Å². The molecule has 0 saturated carbocycles. The first-order chi connectivity index (χ1) is 15.3. The SMILES string of the molecule is Cc1c(C(=O)O)cccc1-c1ccc(/C=C2\C(=O)N(C)C(=O)N(c3ccccc3)C2=O)o1. The number of urea groups is 1. The molecule has 3 aromatic rings. The van der Waals surface area contributed by atoms with Gasteiger partial charge in [-0.1, -0.05) is 30.3 Å². The predicted octanol–water partition coefficient (Wildman–Crippen LogP) is 3.96. The van der Waals surface area contributed by atoms with Gasteiger partial charge in [0, 0.05) is 12.6 Å². The van der Waals surface area contributed by atoms with Gasteiger partial charge in [-0.25, -0.2) is 14.5 Å². The number of benzene rings is 2. The Morgan fingerprint density at radius 3 is 2.34 bits per heavy atom. The zero-order valence-electron chi connectivity index (χ0n) is 17.2. The van der Waals surface area contributed by atoms with Gasteiger partial charge in [-0.05, 0) is 48.9 Å². The van der Waals surface area contributed by atoms with Crippen molar-refractivity contribution in [2.75, 3.05) is 11.9 Å². The second-order valence-corrected chi connectivity index (χ2v) is 7.17. The van der Waals surface area contributed by atoms with Crippen LogP contribution < -0.4 is 4.90 Å². The summed E-state index contributed by atoms with van der Waals surface area (Å²) >= 11 is 0. The van der Waals surface area contributed by atoms with Crippen molar-refractivity contribution in [3.05, 3.63) is 83.1 Å². The zero-order valence-corrected chi connectivity index (χ0v) is 17.2. The van der Waals surface area contributed by atoms with Crippen LogP contribution in [0.1, 0.15) is 21.7 Å². The van der Waals surface area contributed by atoms with Gasteiger partial charge in [-0.15, -0.1) is 0 Å². The van der Waals surface area contributed by atoms with Crippen molar-refractivity contribution in [1.82, 2.24) is 4.90 Å². The number of hydrogen-bond donors (Lipinski definition) is 1. The number of para-hydroxylation sites is 1. The number of likely N-dealkylation sites (N-methyl/N-ethyl adjacent to an activating group) is 1. The van der Waals surface area contributed by atoms with E-state index in [9.17, 15) is 24.3 Å². The number of anilines is 1. The van der Waals surface area contributed by atoms with Gasteiger partial charge in [0.2, 0.25) is 0 Å². The molecular formula is C24H18N2O6. The number of carboxylic acids is 1. The second-order valence-electron chi connectivity index (χ2n) is 7.17. The number of carbonyl (C=O) groups excluding carboxylic acids is 3. The summed E-state index contributed by atoms with van der Waals surface area (Å²) in [5, 5.41) is 9.33. The third-order valence-electron chi connectivity index (χ3n) is 5.20. The standard InChI is InChI=1S/C24H18N2O6/c1-14-17(9-6-10-18(14)23(29)30)20-12-11-16(32-20)13-19-21(27)25(2)24(31)26(22(19)28)15-7-4-3-5-8-15/h3-13H,1-2H3,(H,29,30)/b19-13+. The number of imide groups is 2. The largest absolute Gasteiger partial charge is 0.478 e. The molecular weight excluding hydrogens is 412 g/mol. The zero-order chi connectivity index (χ0) is 23.0. The second kappa shape index (κ2) is 7.99. The van der Waals surface area contributed by atoms with Crippen LogP contribution in [0.25, 0.3) is 17.4 Å². The molecule has 0 radical (unpaired) electrons. The van der Waals surface area contributed by atoms with Crippen molar-refractivity contribution in [3.63, 3.8) is 0 Å². The smallest absolute Gasteiger partial charge is 0.338 e. The molecule has 1 N–H and O–H groups in total. The van der Waals surface area contributed by atoms with Crippen molar-refractivity contribution in [1.29, 1.82) is 0 Å². The van der Waals surface area contributed by atoms with Gasteiger partial charge in [-0.3, -0.25) is 14.5 Å². The fourth-order valence-corrected chi connectivity index (χ4v) is 3.50. The van der Waals surface area contributed by atoms with E-state index in [1.165, 1.54) is 19.2 Å².